The Balaban J connectivity index is 0.00000392. The predicted molar refractivity (Wildman–Crippen MR) is 126 cm³/mol. The molecule has 1 saturated heterocycles. The number of guanidine groups is 1. The highest BCUT2D eigenvalue weighted by atomic mass is 127. The molecule has 0 aliphatic carbocycles. The summed E-state index contributed by atoms with van der Waals surface area (Å²) in [5.74, 6) is 1.85. The number of ether oxygens (including phenoxy) is 1. The number of benzene rings is 1. The third-order valence-electron chi connectivity index (χ3n) is 4.52. The van der Waals surface area contributed by atoms with E-state index < -0.39 is 0 Å². The minimum Gasteiger partial charge on any atom is -0.497 e. The Bertz CT molecular complexity index is 601. The van der Waals surface area contributed by atoms with Gasteiger partial charge in [-0.2, -0.15) is 0 Å². The molecular weight excluding hydrogens is 469 g/mol. The molecule has 0 unspecified atom stereocenters. The van der Waals surface area contributed by atoms with Gasteiger partial charge in [-0.1, -0.05) is 6.92 Å². The van der Waals surface area contributed by atoms with E-state index in [2.05, 4.69) is 44.5 Å². The summed E-state index contributed by atoms with van der Waals surface area (Å²) in [6.07, 6.45) is 1.39. The molecule has 1 amide bonds. The highest BCUT2D eigenvalue weighted by Crippen LogP contribution is 2.20. The molecule has 0 aromatic heterocycles. The number of hydrogen-bond donors (Lipinski definition) is 2. The summed E-state index contributed by atoms with van der Waals surface area (Å²) in [7, 11) is 1.68. The summed E-state index contributed by atoms with van der Waals surface area (Å²) in [5, 5.41) is 6.24. The summed E-state index contributed by atoms with van der Waals surface area (Å²) in [6.45, 7) is 9.86. The van der Waals surface area contributed by atoms with Crippen molar-refractivity contribution < 1.29 is 9.53 Å². The number of methoxy groups -OCH3 is 1. The Morgan fingerprint density at radius 2 is 1.79 bits per heavy atom. The molecule has 158 valence electrons. The van der Waals surface area contributed by atoms with Crippen molar-refractivity contribution in [1.82, 2.24) is 15.5 Å². The van der Waals surface area contributed by atoms with Crippen LogP contribution in [0.1, 0.15) is 26.7 Å². The number of amides is 1. The fourth-order valence-corrected chi connectivity index (χ4v) is 3.01. The number of carbonyl (C=O) groups is 1. The fourth-order valence-electron chi connectivity index (χ4n) is 3.01. The van der Waals surface area contributed by atoms with Crippen LogP contribution in [0.25, 0.3) is 0 Å². The lowest BCUT2D eigenvalue weighted by Crippen LogP contribution is -2.52. The third-order valence-corrected chi connectivity index (χ3v) is 4.52. The van der Waals surface area contributed by atoms with E-state index in [0.29, 0.717) is 13.0 Å². The molecule has 28 heavy (non-hydrogen) atoms. The van der Waals surface area contributed by atoms with E-state index in [1.54, 1.807) is 7.11 Å². The topological polar surface area (TPSA) is 69.2 Å². The van der Waals surface area contributed by atoms with E-state index in [-0.39, 0.29) is 29.9 Å². The zero-order valence-corrected chi connectivity index (χ0v) is 19.6. The Morgan fingerprint density at radius 3 is 2.36 bits per heavy atom. The maximum Gasteiger partial charge on any atom is 0.221 e. The van der Waals surface area contributed by atoms with Crippen molar-refractivity contribution >= 4 is 41.5 Å². The quantitative estimate of drug-likeness (QED) is 0.324. The second-order valence-electron chi connectivity index (χ2n) is 6.51. The molecule has 1 fully saturated rings. The first-order valence-electron chi connectivity index (χ1n) is 9.86. The van der Waals surface area contributed by atoms with Gasteiger partial charge in [-0.15, -0.1) is 24.0 Å². The van der Waals surface area contributed by atoms with E-state index in [1.807, 2.05) is 19.1 Å². The van der Waals surface area contributed by atoms with E-state index in [1.165, 1.54) is 5.69 Å². The zero-order valence-electron chi connectivity index (χ0n) is 17.2. The van der Waals surface area contributed by atoms with Gasteiger partial charge in [0.25, 0.3) is 0 Å². The number of anilines is 1. The van der Waals surface area contributed by atoms with Gasteiger partial charge in [0.15, 0.2) is 5.96 Å². The van der Waals surface area contributed by atoms with Gasteiger partial charge >= 0.3 is 0 Å². The number of nitrogens with one attached hydrogen (secondary N) is 2. The van der Waals surface area contributed by atoms with Gasteiger partial charge in [-0.3, -0.25) is 9.79 Å². The average Bonchev–Trinajstić information content (AvgIpc) is 2.72. The molecule has 8 heteroatoms. The Morgan fingerprint density at radius 1 is 1.11 bits per heavy atom. The predicted octanol–water partition coefficient (Wildman–Crippen LogP) is 2.32. The molecular formula is C20H34IN5O2. The van der Waals surface area contributed by atoms with Crippen LogP contribution in [-0.2, 0) is 4.79 Å². The average molecular weight is 503 g/mol. The second kappa shape index (κ2) is 13.5. The molecule has 0 saturated carbocycles. The minimum absolute atomic E-state index is 0. The van der Waals surface area contributed by atoms with Crippen molar-refractivity contribution in [2.75, 3.05) is 57.8 Å². The van der Waals surface area contributed by atoms with Crippen molar-refractivity contribution in [1.29, 1.82) is 0 Å². The van der Waals surface area contributed by atoms with Gasteiger partial charge in [-0.05, 0) is 37.6 Å². The molecule has 1 aromatic rings. The molecule has 1 aromatic carbocycles. The molecule has 1 aliphatic rings. The lowest BCUT2D eigenvalue weighted by atomic mass is 10.2. The Labute approximate surface area is 185 Å². The zero-order chi connectivity index (χ0) is 19.5. The van der Waals surface area contributed by atoms with Crippen LogP contribution in [-0.4, -0.2) is 69.7 Å². The van der Waals surface area contributed by atoms with Crippen molar-refractivity contribution in [2.45, 2.75) is 26.7 Å². The minimum atomic E-state index is 0. The first kappa shape index (κ1) is 24.3. The number of nitrogens with zero attached hydrogens (tertiary/aromatic N) is 3. The lowest BCUT2D eigenvalue weighted by molar-refractivity contribution is -0.120. The number of aliphatic imine (C=N–C) groups is 1. The number of piperazine rings is 1. The molecule has 7 nitrogen and oxygen atoms in total. The van der Waals surface area contributed by atoms with Gasteiger partial charge in [-0.25, -0.2) is 0 Å². The van der Waals surface area contributed by atoms with Crippen LogP contribution >= 0.6 is 24.0 Å². The first-order valence-corrected chi connectivity index (χ1v) is 9.86. The molecule has 0 spiro atoms. The molecule has 2 rings (SSSR count). The third kappa shape index (κ3) is 7.73. The van der Waals surface area contributed by atoms with Crippen molar-refractivity contribution in [3.8, 4) is 5.75 Å². The van der Waals surface area contributed by atoms with Gasteiger partial charge < -0.3 is 25.2 Å². The Kier molecular flexibility index (Phi) is 11.7. The van der Waals surface area contributed by atoms with E-state index in [9.17, 15) is 4.79 Å². The first-order chi connectivity index (χ1) is 13.2. The van der Waals surface area contributed by atoms with Crippen LogP contribution in [0.5, 0.6) is 5.75 Å². The van der Waals surface area contributed by atoms with E-state index in [0.717, 1.165) is 57.4 Å². The van der Waals surface area contributed by atoms with Crippen LogP contribution in [0.4, 0.5) is 5.69 Å². The van der Waals surface area contributed by atoms with E-state index in [4.69, 9.17) is 4.74 Å². The van der Waals surface area contributed by atoms with Crippen molar-refractivity contribution in [3.63, 3.8) is 0 Å². The summed E-state index contributed by atoms with van der Waals surface area (Å²) >= 11 is 0. The lowest BCUT2D eigenvalue weighted by Gasteiger charge is -2.37. The van der Waals surface area contributed by atoms with Gasteiger partial charge in [0.2, 0.25) is 5.91 Å². The number of hydrogen-bond acceptors (Lipinski definition) is 4. The van der Waals surface area contributed by atoms with Crippen LogP contribution < -0.4 is 20.3 Å². The monoisotopic (exact) mass is 503 g/mol. The van der Waals surface area contributed by atoms with Crippen LogP contribution in [0, 0.1) is 0 Å². The number of halogens is 1. The second-order valence-corrected chi connectivity index (χ2v) is 6.51. The van der Waals surface area contributed by atoms with Gasteiger partial charge in [0.05, 0.1) is 13.7 Å². The van der Waals surface area contributed by atoms with Gasteiger partial charge in [0, 0.05) is 51.4 Å². The SMILES string of the molecule is CCCNC(=O)CCN=C(NCC)N1CCN(c2ccc(OC)cc2)CC1.I. The normalized spacial score (nSPS) is 14.3. The standard InChI is InChI=1S/C20H33N5O2.HI/c1-4-11-22-19(26)10-12-23-20(21-5-2)25-15-13-24(14-16-25)17-6-8-18(27-3)9-7-17;/h6-9H,4-5,10-16H2,1-3H3,(H,21,23)(H,22,26);1H. The van der Waals surface area contributed by atoms with Crippen LogP contribution in [0.15, 0.2) is 29.3 Å². The number of rotatable bonds is 8. The molecule has 1 heterocycles. The molecule has 0 radical (unpaired) electrons. The molecule has 0 atom stereocenters. The Hall–Kier alpha value is -1.71. The maximum absolute atomic E-state index is 11.7. The van der Waals surface area contributed by atoms with Gasteiger partial charge in [0.1, 0.15) is 5.75 Å². The summed E-state index contributed by atoms with van der Waals surface area (Å²) < 4.78 is 5.23. The molecule has 1 aliphatic heterocycles. The highest BCUT2D eigenvalue weighted by molar-refractivity contribution is 14.0. The maximum atomic E-state index is 11.7. The summed E-state index contributed by atoms with van der Waals surface area (Å²) in [6, 6.07) is 8.19. The molecule has 2 N–H and O–H groups in total. The smallest absolute Gasteiger partial charge is 0.221 e. The van der Waals surface area contributed by atoms with Crippen LogP contribution in [0.3, 0.4) is 0 Å². The van der Waals surface area contributed by atoms with Crippen molar-refractivity contribution in [2.24, 2.45) is 4.99 Å². The molecule has 0 bridgehead atoms. The largest absolute Gasteiger partial charge is 0.497 e. The summed E-state index contributed by atoms with van der Waals surface area (Å²) in [5.41, 5.74) is 1.21. The fraction of sp³-hybridized carbons (Fsp3) is 0.600. The van der Waals surface area contributed by atoms with Crippen molar-refractivity contribution in [3.05, 3.63) is 24.3 Å². The number of carbonyl (C=O) groups excluding carboxylic acids is 1. The van der Waals surface area contributed by atoms with Crippen LogP contribution in [0.2, 0.25) is 0 Å². The summed E-state index contributed by atoms with van der Waals surface area (Å²) in [4.78, 5) is 21.0. The highest BCUT2D eigenvalue weighted by Gasteiger charge is 2.19. The van der Waals surface area contributed by atoms with E-state index >= 15 is 0 Å².